The molecule has 148 valence electrons. The number of nitrogens with zero attached hydrogens (tertiary/aromatic N) is 6. The molecular weight excluding hydrogens is 412 g/mol. The lowest BCUT2D eigenvalue weighted by Crippen LogP contribution is -1.95. The van der Waals surface area contributed by atoms with Crippen LogP contribution in [0.15, 0.2) is 60.0 Å². The van der Waals surface area contributed by atoms with Crippen molar-refractivity contribution in [2.45, 2.75) is 6.42 Å². The highest BCUT2D eigenvalue weighted by Crippen LogP contribution is 2.28. The molecule has 1 aromatic carbocycles. The van der Waals surface area contributed by atoms with E-state index >= 15 is 0 Å². The van der Waals surface area contributed by atoms with Crippen molar-refractivity contribution in [1.29, 1.82) is 10.5 Å². The molecule has 0 aliphatic carbocycles. The standard InChI is InChI=1S/C22H12N6O2S/c23-11-16-2-1-3-19(25-16)21-13-31-22(27-21)20-10-15(9-17(12-24)26-20)8-14-4-6-18(7-5-14)28(29)30/h1-7,9-10,13H,8H2. The van der Waals surface area contributed by atoms with Crippen LogP contribution >= 0.6 is 11.3 Å². The third-order valence-corrected chi connectivity index (χ3v) is 5.27. The molecule has 0 bridgehead atoms. The molecule has 0 fully saturated rings. The summed E-state index contributed by atoms with van der Waals surface area (Å²) in [5.74, 6) is 0. The zero-order chi connectivity index (χ0) is 21.8. The Morgan fingerprint density at radius 1 is 0.871 bits per heavy atom. The number of aromatic nitrogens is 3. The molecule has 4 rings (SSSR count). The summed E-state index contributed by atoms with van der Waals surface area (Å²) < 4.78 is 0. The third kappa shape index (κ3) is 4.42. The minimum absolute atomic E-state index is 0.0290. The van der Waals surface area contributed by atoms with Gasteiger partial charge < -0.3 is 0 Å². The van der Waals surface area contributed by atoms with Crippen molar-refractivity contribution in [1.82, 2.24) is 15.0 Å². The van der Waals surface area contributed by atoms with Crippen molar-refractivity contribution in [3.8, 4) is 34.2 Å². The molecule has 4 aromatic rings. The smallest absolute Gasteiger partial charge is 0.258 e. The van der Waals surface area contributed by atoms with Crippen LogP contribution in [0.3, 0.4) is 0 Å². The molecule has 0 aliphatic heterocycles. The fraction of sp³-hybridized carbons (Fsp3) is 0.0455. The first-order valence-electron chi connectivity index (χ1n) is 9.03. The fourth-order valence-corrected chi connectivity index (χ4v) is 3.75. The SMILES string of the molecule is N#Cc1cccc(-c2csc(-c3cc(Cc4ccc([N+](=O)[O-])cc4)cc(C#N)n3)n2)n1. The van der Waals surface area contributed by atoms with Gasteiger partial charge in [0.25, 0.3) is 5.69 Å². The molecule has 0 unspecified atom stereocenters. The van der Waals surface area contributed by atoms with Crippen LogP contribution in [0.5, 0.6) is 0 Å². The summed E-state index contributed by atoms with van der Waals surface area (Å²) in [7, 11) is 0. The molecule has 8 nitrogen and oxygen atoms in total. The molecule has 0 aliphatic rings. The molecule has 31 heavy (non-hydrogen) atoms. The third-order valence-electron chi connectivity index (χ3n) is 4.40. The zero-order valence-electron chi connectivity index (χ0n) is 15.9. The maximum atomic E-state index is 10.8. The summed E-state index contributed by atoms with van der Waals surface area (Å²) in [4.78, 5) is 23.6. The van der Waals surface area contributed by atoms with Crippen molar-refractivity contribution in [2.75, 3.05) is 0 Å². The number of nitro benzene ring substituents is 1. The van der Waals surface area contributed by atoms with E-state index in [1.165, 1.54) is 23.5 Å². The second-order valence-electron chi connectivity index (χ2n) is 6.52. The Morgan fingerprint density at radius 3 is 2.32 bits per heavy atom. The topological polar surface area (TPSA) is 129 Å². The number of nitriles is 2. The van der Waals surface area contributed by atoms with Crippen molar-refractivity contribution < 1.29 is 4.92 Å². The zero-order valence-corrected chi connectivity index (χ0v) is 16.7. The van der Waals surface area contributed by atoms with Crippen molar-refractivity contribution in [3.63, 3.8) is 0 Å². The largest absolute Gasteiger partial charge is 0.269 e. The molecule has 0 saturated heterocycles. The monoisotopic (exact) mass is 424 g/mol. The maximum absolute atomic E-state index is 10.8. The average molecular weight is 424 g/mol. The number of non-ortho nitro benzene ring substituents is 1. The highest BCUT2D eigenvalue weighted by atomic mass is 32.1. The van der Waals surface area contributed by atoms with Crippen LogP contribution in [0.2, 0.25) is 0 Å². The van der Waals surface area contributed by atoms with Gasteiger partial charge in [-0.1, -0.05) is 18.2 Å². The first kappa shape index (κ1) is 19.8. The van der Waals surface area contributed by atoms with Crippen LogP contribution in [0.1, 0.15) is 22.5 Å². The molecule has 0 amide bonds. The summed E-state index contributed by atoms with van der Waals surface area (Å²) in [5, 5.41) is 31.7. The van der Waals surface area contributed by atoms with Crippen LogP contribution in [-0.2, 0) is 6.42 Å². The average Bonchev–Trinajstić information content (AvgIpc) is 3.30. The fourth-order valence-electron chi connectivity index (χ4n) is 2.98. The van der Waals surface area contributed by atoms with Crippen LogP contribution in [0.4, 0.5) is 5.69 Å². The lowest BCUT2D eigenvalue weighted by molar-refractivity contribution is -0.384. The van der Waals surface area contributed by atoms with Gasteiger partial charge >= 0.3 is 0 Å². The van der Waals surface area contributed by atoms with E-state index in [9.17, 15) is 15.4 Å². The number of benzene rings is 1. The quantitative estimate of drug-likeness (QED) is 0.340. The van der Waals surface area contributed by atoms with Gasteiger partial charge in [0.05, 0.1) is 10.6 Å². The predicted octanol–water partition coefficient (Wildman–Crippen LogP) is 4.51. The molecule has 3 heterocycles. The lowest BCUT2D eigenvalue weighted by Gasteiger charge is -2.05. The van der Waals surface area contributed by atoms with E-state index in [0.29, 0.717) is 34.2 Å². The number of hydrogen-bond acceptors (Lipinski definition) is 8. The molecule has 9 heteroatoms. The second kappa shape index (κ2) is 8.49. The Balaban J connectivity index is 1.65. The Morgan fingerprint density at radius 2 is 1.61 bits per heavy atom. The minimum Gasteiger partial charge on any atom is -0.258 e. The number of pyridine rings is 2. The van der Waals surface area contributed by atoms with E-state index < -0.39 is 4.92 Å². The summed E-state index contributed by atoms with van der Waals surface area (Å²) >= 11 is 1.37. The number of hydrogen-bond donors (Lipinski definition) is 0. The van der Waals surface area contributed by atoms with E-state index in [2.05, 4.69) is 21.0 Å². The van der Waals surface area contributed by atoms with Gasteiger partial charge in [0.1, 0.15) is 39.9 Å². The Hall–Kier alpha value is -4.47. The van der Waals surface area contributed by atoms with Crippen LogP contribution in [-0.4, -0.2) is 19.9 Å². The minimum atomic E-state index is -0.441. The van der Waals surface area contributed by atoms with E-state index in [0.717, 1.165) is 11.1 Å². The number of nitro groups is 1. The van der Waals surface area contributed by atoms with E-state index in [4.69, 9.17) is 5.26 Å². The summed E-state index contributed by atoms with van der Waals surface area (Å²) in [6.07, 6.45) is 0.492. The first-order valence-corrected chi connectivity index (χ1v) is 9.91. The number of rotatable bonds is 5. The Labute approximate surface area is 180 Å². The lowest BCUT2D eigenvalue weighted by atomic mass is 10.0. The summed E-state index contributed by atoms with van der Waals surface area (Å²) in [6, 6.07) is 19.1. The molecule has 0 spiro atoms. The van der Waals surface area contributed by atoms with Gasteiger partial charge in [-0.25, -0.2) is 15.0 Å². The number of thiazole rings is 1. The molecule has 3 aromatic heterocycles. The molecule has 0 atom stereocenters. The van der Waals surface area contributed by atoms with Gasteiger partial charge in [-0.05, 0) is 41.8 Å². The van der Waals surface area contributed by atoms with Crippen molar-refractivity contribution in [3.05, 3.63) is 92.6 Å². The van der Waals surface area contributed by atoms with E-state index in [1.807, 2.05) is 17.5 Å². The van der Waals surface area contributed by atoms with Crippen molar-refractivity contribution in [2.24, 2.45) is 0 Å². The molecule has 0 N–H and O–H groups in total. The van der Waals surface area contributed by atoms with Gasteiger partial charge in [0, 0.05) is 17.5 Å². The van der Waals surface area contributed by atoms with Crippen molar-refractivity contribution >= 4 is 17.0 Å². The van der Waals surface area contributed by atoms with Crippen LogP contribution in [0, 0.1) is 32.8 Å². The maximum Gasteiger partial charge on any atom is 0.269 e. The van der Waals surface area contributed by atoms with Gasteiger partial charge in [-0.3, -0.25) is 10.1 Å². The second-order valence-corrected chi connectivity index (χ2v) is 7.37. The molecule has 0 radical (unpaired) electrons. The summed E-state index contributed by atoms with van der Waals surface area (Å²) in [5.41, 5.74) is 4.09. The molecule has 0 saturated carbocycles. The Kier molecular flexibility index (Phi) is 5.43. The summed E-state index contributed by atoms with van der Waals surface area (Å²) in [6.45, 7) is 0. The van der Waals surface area contributed by atoms with Gasteiger partial charge in [-0.2, -0.15) is 10.5 Å². The van der Waals surface area contributed by atoms with Gasteiger partial charge in [0.2, 0.25) is 0 Å². The predicted molar refractivity (Wildman–Crippen MR) is 114 cm³/mol. The van der Waals surface area contributed by atoms with Gasteiger partial charge in [-0.15, -0.1) is 11.3 Å². The van der Waals surface area contributed by atoms with E-state index in [1.54, 1.807) is 36.4 Å². The molecular formula is C22H12N6O2S. The first-order chi connectivity index (χ1) is 15.1. The van der Waals surface area contributed by atoms with Gasteiger partial charge in [0.15, 0.2) is 0 Å². The van der Waals surface area contributed by atoms with Crippen LogP contribution < -0.4 is 0 Å². The van der Waals surface area contributed by atoms with E-state index in [-0.39, 0.29) is 11.4 Å². The Bertz CT molecular complexity index is 1370. The highest BCUT2D eigenvalue weighted by Gasteiger charge is 2.13. The normalized spacial score (nSPS) is 10.3. The van der Waals surface area contributed by atoms with Crippen LogP contribution in [0.25, 0.3) is 22.1 Å². The highest BCUT2D eigenvalue weighted by molar-refractivity contribution is 7.13.